The van der Waals surface area contributed by atoms with Gasteiger partial charge in [-0.3, -0.25) is 14.5 Å². The van der Waals surface area contributed by atoms with E-state index >= 15 is 0 Å². The van der Waals surface area contributed by atoms with Crippen LogP contribution in [0.15, 0.2) is 54.6 Å². The van der Waals surface area contributed by atoms with Gasteiger partial charge in [0.1, 0.15) is 0 Å². The Hall–Kier alpha value is -2.50. The average Bonchev–Trinajstić information content (AvgIpc) is 2.77. The van der Waals surface area contributed by atoms with Gasteiger partial charge in [-0.1, -0.05) is 62.4 Å². The Bertz CT molecular complexity index is 814. The standard InChI is InChI=1S/C24H30N2O3/c1-18(2)16-20(26-12-14-29-15-13-26)17-25-24(28)22-11-7-6-10-21(22)23(27)19-8-4-3-5-9-19/h3-11,18,20H,12-17H2,1-2H3,(H,25,28). The van der Waals surface area contributed by atoms with E-state index in [0.29, 0.717) is 29.2 Å². The molecule has 29 heavy (non-hydrogen) atoms. The first-order chi connectivity index (χ1) is 14.1. The second-order valence-electron chi connectivity index (χ2n) is 7.88. The average molecular weight is 395 g/mol. The van der Waals surface area contributed by atoms with Gasteiger partial charge in [0.15, 0.2) is 5.78 Å². The van der Waals surface area contributed by atoms with Gasteiger partial charge in [0.25, 0.3) is 5.91 Å². The lowest BCUT2D eigenvalue weighted by Crippen LogP contribution is -2.49. The van der Waals surface area contributed by atoms with Crippen molar-refractivity contribution in [3.05, 3.63) is 71.3 Å². The normalized spacial score (nSPS) is 15.8. The van der Waals surface area contributed by atoms with E-state index in [2.05, 4.69) is 24.1 Å². The van der Waals surface area contributed by atoms with E-state index in [4.69, 9.17) is 4.74 Å². The predicted molar refractivity (Wildman–Crippen MR) is 114 cm³/mol. The molecule has 2 aromatic rings. The van der Waals surface area contributed by atoms with Gasteiger partial charge in [-0.2, -0.15) is 0 Å². The molecule has 0 saturated carbocycles. The number of benzene rings is 2. The van der Waals surface area contributed by atoms with Crippen molar-refractivity contribution in [2.24, 2.45) is 5.92 Å². The second-order valence-corrected chi connectivity index (χ2v) is 7.88. The van der Waals surface area contributed by atoms with Crippen LogP contribution < -0.4 is 5.32 Å². The zero-order valence-corrected chi connectivity index (χ0v) is 17.3. The first-order valence-corrected chi connectivity index (χ1v) is 10.3. The lowest BCUT2D eigenvalue weighted by atomic mass is 9.97. The molecule has 1 heterocycles. The zero-order valence-electron chi connectivity index (χ0n) is 17.3. The molecule has 1 fully saturated rings. The number of amides is 1. The Morgan fingerprint density at radius 3 is 2.24 bits per heavy atom. The van der Waals surface area contributed by atoms with E-state index in [-0.39, 0.29) is 17.7 Å². The molecule has 0 radical (unpaired) electrons. The van der Waals surface area contributed by atoms with Crippen LogP contribution in [-0.4, -0.2) is 55.5 Å². The Kier molecular flexibility index (Phi) is 7.55. The highest BCUT2D eigenvalue weighted by molar-refractivity contribution is 6.15. The highest BCUT2D eigenvalue weighted by atomic mass is 16.5. The van der Waals surface area contributed by atoms with Gasteiger partial charge < -0.3 is 10.1 Å². The lowest BCUT2D eigenvalue weighted by molar-refractivity contribution is 0.0124. The van der Waals surface area contributed by atoms with Crippen molar-refractivity contribution in [3.8, 4) is 0 Å². The maximum absolute atomic E-state index is 13.0. The Morgan fingerprint density at radius 2 is 1.59 bits per heavy atom. The lowest BCUT2D eigenvalue weighted by Gasteiger charge is -2.35. The molecule has 1 N–H and O–H groups in total. The molecule has 1 unspecified atom stereocenters. The number of ketones is 1. The summed E-state index contributed by atoms with van der Waals surface area (Å²) in [5.74, 6) is 0.196. The van der Waals surface area contributed by atoms with E-state index in [1.165, 1.54) is 0 Å². The van der Waals surface area contributed by atoms with Gasteiger partial charge in [0.2, 0.25) is 0 Å². The molecule has 2 aromatic carbocycles. The number of nitrogens with zero attached hydrogens (tertiary/aromatic N) is 1. The molecule has 0 aromatic heterocycles. The molecule has 0 spiro atoms. The van der Waals surface area contributed by atoms with Crippen LogP contribution in [0.1, 0.15) is 46.5 Å². The summed E-state index contributed by atoms with van der Waals surface area (Å²) in [6.07, 6.45) is 1.00. The van der Waals surface area contributed by atoms with E-state index in [1.54, 1.807) is 36.4 Å². The molecule has 5 nitrogen and oxygen atoms in total. The van der Waals surface area contributed by atoms with Crippen LogP contribution in [0.25, 0.3) is 0 Å². The van der Waals surface area contributed by atoms with Gasteiger partial charge in [-0.25, -0.2) is 0 Å². The van der Waals surface area contributed by atoms with Crippen molar-refractivity contribution in [2.75, 3.05) is 32.8 Å². The van der Waals surface area contributed by atoms with E-state index < -0.39 is 0 Å². The van der Waals surface area contributed by atoms with Gasteiger partial charge in [-0.15, -0.1) is 0 Å². The third-order valence-corrected chi connectivity index (χ3v) is 5.26. The smallest absolute Gasteiger partial charge is 0.252 e. The number of nitrogens with one attached hydrogen (secondary N) is 1. The molecule has 1 aliphatic rings. The summed E-state index contributed by atoms with van der Waals surface area (Å²) >= 11 is 0. The predicted octanol–water partition coefficient (Wildman–Crippen LogP) is 3.39. The van der Waals surface area contributed by atoms with Crippen molar-refractivity contribution in [1.29, 1.82) is 0 Å². The quantitative estimate of drug-likeness (QED) is 0.697. The van der Waals surface area contributed by atoms with Gasteiger partial charge in [-0.05, 0) is 18.4 Å². The highest BCUT2D eigenvalue weighted by Gasteiger charge is 2.24. The van der Waals surface area contributed by atoms with E-state index in [9.17, 15) is 9.59 Å². The van der Waals surface area contributed by atoms with Crippen LogP contribution in [0, 0.1) is 5.92 Å². The fraction of sp³-hybridized carbons (Fsp3) is 0.417. The number of carbonyl (C=O) groups excluding carboxylic acids is 2. The maximum atomic E-state index is 13.0. The first kappa shape index (κ1) is 21.2. The van der Waals surface area contributed by atoms with E-state index in [1.807, 2.05) is 18.2 Å². The molecular formula is C24H30N2O3. The van der Waals surface area contributed by atoms with Crippen LogP contribution >= 0.6 is 0 Å². The van der Waals surface area contributed by atoms with Crippen LogP contribution in [0.3, 0.4) is 0 Å². The van der Waals surface area contributed by atoms with E-state index in [0.717, 1.165) is 32.7 Å². The number of carbonyl (C=O) groups is 2. The molecular weight excluding hydrogens is 364 g/mol. The van der Waals surface area contributed by atoms with Crippen molar-refractivity contribution >= 4 is 11.7 Å². The van der Waals surface area contributed by atoms with Crippen molar-refractivity contribution < 1.29 is 14.3 Å². The minimum Gasteiger partial charge on any atom is -0.379 e. The molecule has 0 bridgehead atoms. The molecule has 1 atom stereocenters. The molecule has 1 aliphatic heterocycles. The molecule has 0 aliphatic carbocycles. The van der Waals surface area contributed by atoms with Crippen molar-refractivity contribution in [1.82, 2.24) is 10.2 Å². The summed E-state index contributed by atoms with van der Waals surface area (Å²) in [5.41, 5.74) is 1.44. The summed E-state index contributed by atoms with van der Waals surface area (Å²) in [5, 5.41) is 3.07. The summed E-state index contributed by atoms with van der Waals surface area (Å²) in [6.45, 7) is 8.19. The minimum atomic E-state index is -0.202. The SMILES string of the molecule is CC(C)CC(CNC(=O)c1ccccc1C(=O)c1ccccc1)N1CCOCC1. The zero-order chi connectivity index (χ0) is 20.6. The topological polar surface area (TPSA) is 58.6 Å². The number of morpholine rings is 1. The van der Waals surface area contributed by atoms with Gasteiger partial charge in [0, 0.05) is 36.8 Å². The van der Waals surface area contributed by atoms with Crippen LogP contribution in [0.2, 0.25) is 0 Å². The summed E-state index contributed by atoms with van der Waals surface area (Å²) in [7, 11) is 0. The third-order valence-electron chi connectivity index (χ3n) is 5.26. The Balaban J connectivity index is 1.72. The minimum absolute atomic E-state index is 0.136. The number of rotatable bonds is 8. The first-order valence-electron chi connectivity index (χ1n) is 10.3. The monoisotopic (exact) mass is 394 g/mol. The van der Waals surface area contributed by atoms with Crippen molar-refractivity contribution in [2.45, 2.75) is 26.3 Å². The molecule has 1 saturated heterocycles. The molecule has 5 heteroatoms. The summed E-state index contributed by atoms with van der Waals surface area (Å²) in [4.78, 5) is 28.3. The number of ether oxygens (including phenoxy) is 1. The van der Waals surface area contributed by atoms with Crippen LogP contribution in [0.4, 0.5) is 0 Å². The summed E-state index contributed by atoms with van der Waals surface area (Å²) in [6, 6.07) is 16.4. The highest BCUT2D eigenvalue weighted by Crippen LogP contribution is 2.16. The molecule has 154 valence electrons. The van der Waals surface area contributed by atoms with Crippen LogP contribution in [0.5, 0.6) is 0 Å². The maximum Gasteiger partial charge on any atom is 0.252 e. The Morgan fingerprint density at radius 1 is 0.966 bits per heavy atom. The second kappa shape index (κ2) is 10.3. The fourth-order valence-electron chi connectivity index (χ4n) is 3.78. The van der Waals surface area contributed by atoms with Crippen LogP contribution in [-0.2, 0) is 4.74 Å². The largest absolute Gasteiger partial charge is 0.379 e. The Labute approximate surface area is 173 Å². The molecule has 3 rings (SSSR count). The number of hydrogen-bond donors (Lipinski definition) is 1. The summed E-state index contributed by atoms with van der Waals surface area (Å²) < 4.78 is 5.47. The number of hydrogen-bond acceptors (Lipinski definition) is 4. The molecule has 1 amide bonds. The van der Waals surface area contributed by atoms with Crippen molar-refractivity contribution in [3.63, 3.8) is 0 Å². The third kappa shape index (κ3) is 5.75. The van der Waals surface area contributed by atoms with Gasteiger partial charge >= 0.3 is 0 Å². The van der Waals surface area contributed by atoms with Gasteiger partial charge in [0.05, 0.1) is 18.8 Å². The fourth-order valence-corrected chi connectivity index (χ4v) is 3.78.